The molecule has 2 aromatic carbocycles. The van der Waals surface area contributed by atoms with Gasteiger partial charge in [-0.3, -0.25) is 0 Å². The molecule has 2 amide bonds. The van der Waals surface area contributed by atoms with Crippen LogP contribution in [0, 0.1) is 0 Å². The van der Waals surface area contributed by atoms with Crippen LogP contribution in [0.5, 0.6) is 0 Å². The maximum atomic E-state index is 13.3. The van der Waals surface area contributed by atoms with Crippen LogP contribution in [0.3, 0.4) is 0 Å². The first-order chi connectivity index (χ1) is 16.7. The topological polar surface area (TPSA) is 53.6 Å². The second-order valence-electron chi connectivity index (χ2n) is 9.20. The average Bonchev–Trinajstić information content (AvgIpc) is 2.82. The number of carbonyl (C=O) groups is 1. The number of hydrogen-bond donors (Lipinski definition) is 2. The molecule has 1 aliphatic heterocycles. The summed E-state index contributed by atoms with van der Waals surface area (Å²) in [6.45, 7) is 1.84. The second kappa shape index (κ2) is 10.7. The molecule has 5 nitrogen and oxygen atoms in total. The van der Waals surface area contributed by atoms with Gasteiger partial charge in [-0.05, 0) is 49.1 Å². The fourth-order valence-corrected chi connectivity index (χ4v) is 4.14. The minimum atomic E-state index is -4.93. The molecule has 1 aliphatic rings. The van der Waals surface area contributed by atoms with E-state index in [2.05, 4.69) is 10.6 Å². The van der Waals surface area contributed by atoms with Gasteiger partial charge in [0.1, 0.15) is 0 Å². The number of ether oxygens (including phenoxy) is 1. The number of nitrogens with zero attached hydrogens (tertiary/aromatic N) is 1. The van der Waals surface area contributed by atoms with Crippen molar-refractivity contribution < 1.29 is 35.9 Å². The molecule has 198 valence electrons. The zero-order chi connectivity index (χ0) is 26.7. The van der Waals surface area contributed by atoms with Crippen LogP contribution in [0.1, 0.15) is 48.1 Å². The molecule has 3 rings (SSSR count). The van der Waals surface area contributed by atoms with Crippen molar-refractivity contribution in [1.82, 2.24) is 15.5 Å². The number of urea groups is 1. The lowest BCUT2D eigenvalue weighted by Gasteiger charge is -2.42. The van der Waals surface area contributed by atoms with Crippen LogP contribution in [-0.4, -0.2) is 44.2 Å². The molecule has 2 N–H and O–H groups in total. The Balaban J connectivity index is 1.82. The zero-order valence-electron chi connectivity index (χ0n) is 20.1. The summed E-state index contributed by atoms with van der Waals surface area (Å²) in [6.07, 6.45) is -9.78. The highest BCUT2D eigenvalue weighted by Gasteiger charge is 2.39. The SMILES string of the molecule is CC(OCC1(c2ccccc2)CC[C@H](NC(=O)N(C)C)CN1)c1cc(C(F)(F)F)cc(C(F)(F)F)c1. The molecule has 0 radical (unpaired) electrons. The fraction of sp³-hybridized carbons (Fsp3) is 0.480. The largest absolute Gasteiger partial charge is 0.416 e. The predicted molar refractivity (Wildman–Crippen MR) is 122 cm³/mol. The van der Waals surface area contributed by atoms with E-state index in [0.29, 0.717) is 31.5 Å². The van der Waals surface area contributed by atoms with Crippen molar-refractivity contribution in [3.05, 3.63) is 70.8 Å². The third-order valence-electron chi connectivity index (χ3n) is 6.33. The number of carbonyl (C=O) groups excluding carboxylic acids is 1. The Kier molecular flexibility index (Phi) is 8.24. The average molecular weight is 518 g/mol. The van der Waals surface area contributed by atoms with Crippen molar-refractivity contribution in [2.75, 3.05) is 27.2 Å². The highest BCUT2D eigenvalue weighted by Crippen LogP contribution is 2.39. The molecule has 1 heterocycles. The molecule has 2 aromatic rings. The van der Waals surface area contributed by atoms with Gasteiger partial charge < -0.3 is 20.3 Å². The highest BCUT2D eigenvalue weighted by atomic mass is 19.4. The van der Waals surface area contributed by atoms with Gasteiger partial charge in [-0.25, -0.2) is 4.79 Å². The van der Waals surface area contributed by atoms with Gasteiger partial charge in [-0.15, -0.1) is 0 Å². The standard InChI is InChI=1S/C25H29F6N3O2/c1-16(17-11-19(24(26,27)28)13-20(12-17)25(29,30)31)36-15-23(18-7-5-4-6-8-18)10-9-21(14-32-23)33-22(35)34(2)3/h4-8,11-13,16,21,32H,9-10,14-15H2,1-3H3,(H,33,35)/t16?,21-,23?/m0/s1. The number of piperidine rings is 1. The minimum Gasteiger partial charge on any atom is -0.372 e. The summed E-state index contributed by atoms with van der Waals surface area (Å²) in [4.78, 5) is 13.4. The number of amides is 2. The molecule has 0 bridgehead atoms. The van der Waals surface area contributed by atoms with Gasteiger partial charge in [0, 0.05) is 26.7 Å². The van der Waals surface area contributed by atoms with Gasteiger partial charge >= 0.3 is 18.4 Å². The molecule has 11 heteroatoms. The molecular weight excluding hydrogens is 488 g/mol. The predicted octanol–water partition coefficient (Wildman–Crippen LogP) is 5.72. The van der Waals surface area contributed by atoms with Gasteiger partial charge in [0.15, 0.2) is 0 Å². The third kappa shape index (κ3) is 6.70. The number of benzene rings is 2. The van der Waals surface area contributed by atoms with E-state index in [9.17, 15) is 31.1 Å². The van der Waals surface area contributed by atoms with Gasteiger partial charge in [0.25, 0.3) is 0 Å². The Morgan fingerprint density at radius 3 is 2.14 bits per heavy atom. The summed E-state index contributed by atoms with van der Waals surface area (Å²) in [6, 6.07) is 10.4. The van der Waals surface area contributed by atoms with Crippen LogP contribution in [0.15, 0.2) is 48.5 Å². The van der Waals surface area contributed by atoms with Crippen molar-refractivity contribution in [2.24, 2.45) is 0 Å². The van der Waals surface area contributed by atoms with Crippen LogP contribution in [0.2, 0.25) is 0 Å². The molecule has 0 spiro atoms. The quantitative estimate of drug-likeness (QED) is 0.482. The Morgan fingerprint density at radius 1 is 1.08 bits per heavy atom. The molecule has 1 saturated heterocycles. The van der Waals surface area contributed by atoms with Gasteiger partial charge in [0.2, 0.25) is 0 Å². The number of nitrogens with one attached hydrogen (secondary N) is 2. The van der Waals surface area contributed by atoms with E-state index >= 15 is 0 Å². The summed E-state index contributed by atoms with van der Waals surface area (Å²) in [5.41, 5.74) is -2.84. The lowest BCUT2D eigenvalue weighted by molar-refractivity contribution is -0.143. The molecular formula is C25H29F6N3O2. The normalized spacial score (nSPS) is 21.6. The number of hydrogen-bond acceptors (Lipinski definition) is 3. The van der Waals surface area contributed by atoms with Crippen molar-refractivity contribution in [3.63, 3.8) is 0 Å². The van der Waals surface area contributed by atoms with Crippen molar-refractivity contribution in [2.45, 2.75) is 49.8 Å². The van der Waals surface area contributed by atoms with E-state index in [0.717, 1.165) is 5.56 Å². The molecule has 0 saturated carbocycles. The Bertz CT molecular complexity index is 1000. The van der Waals surface area contributed by atoms with Crippen LogP contribution >= 0.6 is 0 Å². The monoisotopic (exact) mass is 517 g/mol. The van der Waals surface area contributed by atoms with Gasteiger partial charge in [0.05, 0.1) is 29.4 Å². The lowest BCUT2D eigenvalue weighted by atomic mass is 9.81. The fourth-order valence-electron chi connectivity index (χ4n) is 4.14. The first-order valence-corrected chi connectivity index (χ1v) is 11.4. The minimum absolute atomic E-state index is 0.00409. The summed E-state index contributed by atoms with van der Waals surface area (Å²) in [5.74, 6) is 0. The maximum Gasteiger partial charge on any atom is 0.416 e. The molecule has 36 heavy (non-hydrogen) atoms. The summed E-state index contributed by atoms with van der Waals surface area (Å²) in [7, 11) is 3.26. The summed E-state index contributed by atoms with van der Waals surface area (Å²) >= 11 is 0. The molecule has 3 atom stereocenters. The maximum absolute atomic E-state index is 13.3. The Labute approximate surface area is 205 Å². The highest BCUT2D eigenvalue weighted by molar-refractivity contribution is 5.73. The summed E-state index contributed by atoms with van der Waals surface area (Å²) in [5, 5.41) is 6.31. The number of alkyl halides is 6. The Morgan fingerprint density at radius 2 is 1.67 bits per heavy atom. The zero-order valence-corrected chi connectivity index (χ0v) is 20.1. The van der Waals surface area contributed by atoms with Gasteiger partial charge in [-0.2, -0.15) is 26.3 Å². The Hall–Kier alpha value is -2.79. The van der Waals surface area contributed by atoms with E-state index in [1.54, 1.807) is 14.1 Å². The lowest BCUT2D eigenvalue weighted by Crippen LogP contribution is -2.58. The number of halogens is 6. The van der Waals surface area contributed by atoms with Crippen LogP contribution < -0.4 is 10.6 Å². The molecule has 0 aromatic heterocycles. The van der Waals surface area contributed by atoms with Crippen molar-refractivity contribution >= 4 is 6.03 Å². The molecule has 0 aliphatic carbocycles. The van der Waals surface area contributed by atoms with Crippen LogP contribution in [0.4, 0.5) is 31.1 Å². The third-order valence-corrected chi connectivity index (χ3v) is 6.33. The van der Waals surface area contributed by atoms with Crippen LogP contribution in [-0.2, 0) is 22.6 Å². The van der Waals surface area contributed by atoms with E-state index in [1.807, 2.05) is 30.3 Å². The first-order valence-electron chi connectivity index (χ1n) is 11.4. The van der Waals surface area contributed by atoms with E-state index in [1.165, 1.54) is 11.8 Å². The van der Waals surface area contributed by atoms with E-state index in [4.69, 9.17) is 4.74 Å². The summed E-state index contributed by atoms with van der Waals surface area (Å²) < 4.78 is 85.6. The smallest absolute Gasteiger partial charge is 0.372 e. The van der Waals surface area contributed by atoms with E-state index in [-0.39, 0.29) is 30.3 Å². The van der Waals surface area contributed by atoms with E-state index < -0.39 is 35.1 Å². The van der Waals surface area contributed by atoms with Crippen LogP contribution in [0.25, 0.3) is 0 Å². The first kappa shape index (κ1) is 27.8. The number of rotatable bonds is 6. The van der Waals surface area contributed by atoms with Crippen molar-refractivity contribution in [1.29, 1.82) is 0 Å². The second-order valence-corrected chi connectivity index (χ2v) is 9.20. The molecule has 2 unspecified atom stereocenters. The van der Waals surface area contributed by atoms with Crippen molar-refractivity contribution in [3.8, 4) is 0 Å². The van der Waals surface area contributed by atoms with Gasteiger partial charge in [-0.1, -0.05) is 30.3 Å². The molecule has 1 fully saturated rings.